The number of aliphatic imine (C=N–C) groups is 1. The van der Waals surface area contributed by atoms with Gasteiger partial charge in [0, 0.05) is 37.4 Å². The van der Waals surface area contributed by atoms with Crippen LogP contribution in [0.1, 0.15) is 24.4 Å². The Morgan fingerprint density at radius 2 is 2.12 bits per heavy atom. The number of thiophene rings is 1. The molecule has 0 aromatic carbocycles. The number of nitrogens with one attached hydrogen (secondary N) is 2. The summed E-state index contributed by atoms with van der Waals surface area (Å²) in [7, 11) is 4.01. The molecule has 8 heteroatoms. The first-order valence-corrected chi connectivity index (χ1v) is 10.0. The molecule has 2 rings (SSSR count). The van der Waals surface area contributed by atoms with E-state index in [0.717, 1.165) is 36.3 Å². The number of guanidine groups is 1. The number of aromatic nitrogens is 1. The van der Waals surface area contributed by atoms with Gasteiger partial charge in [-0.25, -0.2) is 9.98 Å². The summed E-state index contributed by atoms with van der Waals surface area (Å²) in [4.78, 5) is 12.7. The van der Waals surface area contributed by atoms with Crippen LogP contribution in [0.15, 0.2) is 27.9 Å². The van der Waals surface area contributed by atoms with E-state index in [2.05, 4.69) is 57.4 Å². The molecule has 0 saturated heterocycles. The van der Waals surface area contributed by atoms with Gasteiger partial charge in [-0.1, -0.05) is 13.0 Å². The van der Waals surface area contributed by atoms with Gasteiger partial charge in [-0.15, -0.1) is 46.7 Å². The van der Waals surface area contributed by atoms with Crippen molar-refractivity contribution in [3.63, 3.8) is 0 Å². The molecule has 0 bridgehead atoms. The number of anilines is 1. The van der Waals surface area contributed by atoms with Gasteiger partial charge >= 0.3 is 0 Å². The lowest BCUT2D eigenvalue weighted by molar-refractivity contribution is 0.562. The van der Waals surface area contributed by atoms with Gasteiger partial charge in [-0.05, 0) is 30.7 Å². The Hall–Kier alpha value is -0.870. The maximum absolute atomic E-state index is 4.65. The van der Waals surface area contributed by atoms with Crippen LogP contribution in [0, 0.1) is 5.92 Å². The molecule has 2 heterocycles. The molecule has 0 amide bonds. The molecule has 2 N–H and O–H groups in total. The largest absolute Gasteiger partial charge is 0.357 e. The van der Waals surface area contributed by atoms with E-state index < -0.39 is 0 Å². The number of hydrogen-bond donors (Lipinski definition) is 2. The highest BCUT2D eigenvalue weighted by molar-refractivity contribution is 14.0. The van der Waals surface area contributed by atoms with E-state index >= 15 is 0 Å². The van der Waals surface area contributed by atoms with Crippen molar-refractivity contribution in [1.82, 2.24) is 15.6 Å². The molecule has 140 valence electrons. The molecule has 2 aromatic rings. The van der Waals surface area contributed by atoms with Gasteiger partial charge in [0.15, 0.2) is 11.1 Å². The van der Waals surface area contributed by atoms with Crippen LogP contribution in [0.2, 0.25) is 0 Å². The Bertz CT molecular complexity index is 625. The van der Waals surface area contributed by atoms with Gasteiger partial charge in [0.05, 0.1) is 12.2 Å². The second-order valence-corrected chi connectivity index (χ2v) is 7.85. The van der Waals surface area contributed by atoms with E-state index in [0.29, 0.717) is 12.5 Å². The summed E-state index contributed by atoms with van der Waals surface area (Å²) in [6.45, 7) is 6.70. The summed E-state index contributed by atoms with van der Waals surface area (Å²) in [6, 6.07) is 4.31. The van der Waals surface area contributed by atoms with Crippen LogP contribution in [-0.2, 0) is 13.0 Å². The monoisotopic (exact) mass is 493 g/mol. The second kappa shape index (κ2) is 11.7. The highest BCUT2D eigenvalue weighted by Crippen LogP contribution is 2.18. The number of hydrogen-bond acceptors (Lipinski definition) is 5. The van der Waals surface area contributed by atoms with Crippen molar-refractivity contribution in [2.45, 2.75) is 26.8 Å². The quantitative estimate of drug-likeness (QED) is 0.334. The molecule has 0 aliphatic heterocycles. The zero-order valence-electron chi connectivity index (χ0n) is 15.3. The predicted molar refractivity (Wildman–Crippen MR) is 122 cm³/mol. The van der Waals surface area contributed by atoms with Crippen LogP contribution < -0.4 is 15.5 Å². The number of halogens is 1. The van der Waals surface area contributed by atoms with Crippen LogP contribution >= 0.6 is 46.7 Å². The Labute approximate surface area is 176 Å². The fraction of sp³-hybridized carbons (Fsp3) is 0.529. The first-order chi connectivity index (χ1) is 11.6. The Kier molecular flexibility index (Phi) is 10.4. The van der Waals surface area contributed by atoms with Gasteiger partial charge in [-0.2, -0.15) is 0 Å². The lowest BCUT2D eigenvalue weighted by atomic mass is 10.1. The molecule has 0 radical (unpaired) electrons. The molecule has 0 fully saturated rings. The van der Waals surface area contributed by atoms with E-state index in [1.165, 1.54) is 4.88 Å². The SMILES string of the molecule is CCNC(=NCc1csc(N(C)C)n1)NCC(C)Cc1cccs1.I. The Balaban J connectivity index is 0.00000312. The molecule has 5 nitrogen and oxygen atoms in total. The summed E-state index contributed by atoms with van der Waals surface area (Å²) in [5.41, 5.74) is 1.01. The molecule has 0 saturated carbocycles. The third-order valence-corrected chi connectivity index (χ3v) is 5.37. The molecule has 0 spiro atoms. The minimum atomic E-state index is 0. The van der Waals surface area contributed by atoms with E-state index in [4.69, 9.17) is 0 Å². The zero-order chi connectivity index (χ0) is 17.4. The number of rotatable bonds is 8. The smallest absolute Gasteiger partial charge is 0.191 e. The average molecular weight is 493 g/mol. The third kappa shape index (κ3) is 7.91. The van der Waals surface area contributed by atoms with Crippen molar-refractivity contribution >= 4 is 57.7 Å². The van der Waals surface area contributed by atoms with E-state index in [1.807, 2.05) is 30.3 Å². The molecular formula is C17H28IN5S2. The Morgan fingerprint density at radius 3 is 2.72 bits per heavy atom. The van der Waals surface area contributed by atoms with Crippen LogP contribution in [0.4, 0.5) is 5.13 Å². The average Bonchev–Trinajstić information content (AvgIpc) is 3.21. The van der Waals surface area contributed by atoms with E-state index in [9.17, 15) is 0 Å². The third-order valence-electron chi connectivity index (χ3n) is 3.41. The number of nitrogens with zero attached hydrogens (tertiary/aromatic N) is 3. The fourth-order valence-corrected chi connectivity index (χ4v) is 3.81. The van der Waals surface area contributed by atoms with Gasteiger partial charge < -0.3 is 15.5 Å². The minimum Gasteiger partial charge on any atom is -0.357 e. The highest BCUT2D eigenvalue weighted by atomic mass is 127. The Morgan fingerprint density at radius 1 is 1.32 bits per heavy atom. The first kappa shape index (κ1) is 22.2. The molecule has 0 aliphatic carbocycles. The van der Waals surface area contributed by atoms with Crippen molar-refractivity contribution < 1.29 is 0 Å². The molecule has 1 unspecified atom stereocenters. The molecule has 25 heavy (non-hydrogen) atoms. The van der Waals surface area contributed by atoms with Gasteiger partial charge in [0.25, 0.3) is 0 Å². The standard InChI is InChI=1S/C17H27N5S2.HI/c1-5-18-16(19-10-13(2)9-15-7-6-8-23-15)20-11-14-12-24-17(21-14)22(3)4;/h6-8,12-13H,5,9-11H2,1-4H3,(H2,18,19,20);1H. The maximum atomic E-state index is 4.65. The minimum absolute atomic E-state index is 0. The number of thiazole rings is 1. The second-order valence-electron chi connectivity index (χ2n) is 5.98. The summed E-state index contributed by atoms with van der Waals surface area (Å²) < 4.78 is 0. The van der Waals surface area contributed by atoms with Gasteiger partial charge in [0.1, 0.15) is 0 Å². The summed E-state index contributed by atoms with van der Waals surface area (Å²) in [5, 5.41) is 12.0. The summed E-state index contributed by atoms with van der Waals surface area (Å²) >= 11 is 3.47. The van der Waals surface area contributed by atoms with Gasteiger partial charge in [0.2, 0.25) is 0 Å². The highest BCUT2D eigenvalue weighted by Gasteiger charge is 2.07. The summed E-state index contributed by atoms with van der Waals surface area (Å²) in [6.07, 6.45) is 1.10. The van der Waals surface area contributed by atoms with Crippen LogP contribution in [0.3, 0.4) is 0 Å². The molecule has 0 aliphatic rings. The van der Waals surface area contributed by atoms with Crippen molar-refractivity contribution in [3.05, 3.63) is 33.5 Å². The normalized spacial score (nSPS) is 12.4. The lowest BCUT2D eigenvalue weighted by Gasteiger charge is -2.15. The zero-order valence-corrected chi connectivity index (χ0v) is 19.2. The van der Waals surface area contributed by atoms with Crippen molar-refractivity contribution in [2.75, 3.05) is 32.1 Å². The lowest BCUT2D eigenvalue weighted by Crippen LogP contribution is -2.39. The predicted octanol–water partition coefficient (Wildman–Crippen LogP) is 3.82. The fourth-order valence-electron chi connectivity index (χ4n) is 2.19. The first-order valence-electron chi connectivity index (χ1n) is 8.24. The molecular weight excluding hydrogens is 465 g/mol. The van der Waals surface area contributed by atoms with Crippen LogP contribution in [0.5, 0.6) is 0 Å². The van der Waals surface area contributed by atoms with Crippen LogP contribution in [0.25, 0.3) is 0 Å². The maximum Gasteiger partial charge on any atom is 0.191 e. The van der Waals surface area contributed by atoms with Crippen molar-refractivity contribution in [1.29, 1.82) is 0 Å². The van der Waals surface area contributed by atoms with Gasteiger partial charge in [-0.3, -0.25) is 0 Å². The van der Waals surface area contributed by atoms with Crippen molar-refractivity contribution in [3.8, 4) is 0 Å². The molecule has 2 aromatic heterocycles. The van der Waals surface area contributed by atoms with E-state index in [-0.39, 0.29) is 24.0 Å². The topological polar surface area (TPSA) is 52.6 Å². The van der Waals surface area contributed by atoms with E-state index in [1.54, 1.807) is 11.3 Å². The van der Waals surface area contributed by atoms with Crippen molar-refractivity contribution in [2.24, 2.45) is 10.9 Å². The summed E-state index contributed by atoms with van der Waals surface area (Å²) in [5.74, 6) is 1.42. The molecule has 1 atom stereocenters. The van der Waals surface area contributed by atoms with Crippen LogP contribution in [-0.4, -0.2) is 38.1 Å².